The fraction of sp³-hybridized carbons (Fsp3) is 0.556. The van der Waals surface area contributed by atoms with E-state index < -0.39 is 10.0 Å². The summed E-state index contributed by atoms with van der Waals surface area (Å²) in [6, 6.07) is 5.00. The summed E-state index contributed by atoms with van der Waals surface area (Å²) in [5.74, 6) is -0.138. The molecule has 9 heteroatoms. The first kappa shape index (κ1) is 21.7. The van der Waals surface area contributed by atoms with Gasteiger partial charge in [0, 0.05) is 19.6 Å². The molecule has 0 fully saturated rings. The second-order valence-corrected chi connectivity index (χ2v) is 9.09. The molecule has 0 spiro atoms. The Morgan fingerprint density at radius 2 is 1.93 bits per heavy atom. The maximum Gasteiger partial charge on any atom is 0.316 e. The van der Waals surface area contributed by atoms with Gasteiger partial charge in [-0.25, -0.2) is 13.4 Å². The lowest BCUT2D eigenvalue weighted by Crippen LogP contribution is -2.30. The van der Waals surface area contributed by atoms with Crippen molar-refractivity contribution in [3.8, 4) is 0 Å². The highest BCUT2D eigenvalue weighted by Gasteiger charge is 2.23. The van der Waals surface area contributed by atoms with E-state index in [1.807, 2.05) is 39.2 Å². The summed E-state index contributed by atoms with van der Waals surface area (Å²) in [6.45, 7) is 10.7. The lowest BCUT2D eigenvalue weighted by Gasteiger charge is -2.18. The third-order valence-electron chi connectivity index (χ3n) is 4.03. The Morgan fingerprint density at radius 3 is 2.48 bits per heavy atom. The zero-order chi connectivity index (χ0) is 20.2. The molecule has 0 amide bonds. The van der Waals surface area contributed by atoms with Crippen LogP contribution in [0, 0.1) is 0 Å². The zero-order valence-corrected chi connectivity index (χ0v) is 18.1. The van der Waals surface area contributed by atoms with Crippen molar-refractivity contribution in [2.75, 3.05) is 18.8 Å². The molecule has 7 nitrogen and oxygen atoms in total. The minimum absolute atomic E-state index is 0.157. The number of aryl methyl sites for hydroxylation is 1. The van der Waals surface area contributed by atoms with Gasteiger partial charge in [-0.05, 0) is 39.0 Å². The Labute approximate surface area is 165 Å². The second kappa shape index (κ2) is 9.07. The Morgan fingerprint density at radius 1 is 1.26 bits per heavy atom. The molecule has 0 N–H and O–H groups in total. The SMILES string of the molecule is CCN(CC)S(=O)(=O)c1ccc2c(c1)nc(SCC(=O)OC(C)C)n2CC. The van der Waals surface area contributed by atoms with Gasteiger partial charge >= 0.3 is 5.97 Å². The molecule has 0 unspecified atom stereocenters. The van der Waals surface area contributed by atoms with E-state index in [9.17, 15) is 13.2 Å². The molecule has 2 aromatic rings. The first-order valence-corrected chi connectivity index (χ1v) is 11.5. The van der Waals surface area contributed by atoms with E-state index in [1.54, 1.807) is 18.2 Å². The van der Waals surface area contributed by atoms with Crippen molar-refractivity contribution in [2.24, 2.45) is 0 Å². The first-order chi connectivity index (χ1) is 12.7. The number of carbonyl (C=O) groups excluding carboxylic acids is 1. The van der Waals surface area contributed by atoms with Gasteiger partial charge in [0.25, 0.3) is 0 Å². The molecular weight excluding hydrogens is 386 g/mol. The van der Waals surface area contributed by atoms with Gasteiger partial charge in [0.1, 0.15) is 0 Å². The zero-order valence-electron chi connectivity index (χ0n) is 16.4. The van der Waals surface area contributed by atoms with Crippen molar-refractivity contribution in [2.45, 2.75) is 57.3 Å². The number of nitrogens with zero attached hydrogens (tertiary/aromatic N) is 3. The summed E-state index contributed by atoms with van der Waals surface area (Å²) in [5, 5.41) is 0.672. The molecule has 0 aliphatic heterocycles. The monoisotopic (exact) mass is 413 g/mol. The van der Waals surface area contributed by atoms with E-state index in [0.29, 0.717) is 30.3 Å². The number of esters is 1. The van der Waals surface area contributed by atoms with Crippen LogP contribution in [0.1, 0.15) is 34.6 Å². The molecule has 150 valence electrons. The molecule has 0 bridgehead atoms. The van der Waals surface area contributed by atoms with E-state index >= 15 is 0 Å². The summed E-state index contributed by atoms with van der Waals surface area (Å²) in [6.07, 6.45) is -0.157. The number of fused-ring (bicyclic) bond motifs is 1. The number of hydrogen-bond acceptors (Lipinski definition) is 6. The number of thioether (sulfide) groups is 1. The van der Waals surface area contributed by atoms with Crippen LogP contribution in [0.15, 0.2) is 28.3 Å². The van der Waals surface area contributed by atoms with Crippen LogP contribution in [-0.2, 0) is 26.1 Å². The van der Waals surface area contributed by atoms with Gasteiger partial charge in [-0.3, -0.25) is 4.79 Å². The summed E-state index contributed by atoms with van der Waals surface area (Å²) in [5.41, 5.74) is 1.44. The molecule has 1 aromatic heterocycles. The fourth-order valence-corrected chi connectivity index (χ4v) is 5.14. The van der Waals surface area contributed by atoms with Gasteiger partial charge in [0.05, 0.1) is 27.8 Å². The lowest BCUT2D eigenvalue weighted by molar-refractivity contribution is -0.144. The third-order valence-corrected chi connectivity index (χ3v) is 7.03. The lowest BCUT2D eigenvalue weighted by atomic mass is 10.3. The number of carbonyl (C=O) groups is 1. The average Bonchev–Trinajstić information content (AvgIpc) is 2.96. The van der Waals surface area contributed by atoms with Crippen molar-refractivity contribution in [1.29, 1.82) is 0 Å². The number of aromatic nitrogens is 2. The van der Waals surface area contributed by atoms with Gasteiger partial charge in [-0.15, -0.1) is 0 Å². The van der Waals surface area contributed by atoms with Gasteiger partial charge in [0.2, 0.25) is 10.0 Å². The van der Waals surface area contributed by atoms with Crippen molar-refractivity contribution >= 4 is 38.8 Å². The van der Waals surface area contributed by atoms with Crippen LogP contribution in [0.2, 0.25) is 0 Å². The van der Waals surface area contributed by atoms with E-state index in [4.69, 9.17) is 4.74 Å². The van der Waals surface area contributed by atoms with Crippen LogP contribution in [-0.4, -0.2) is 53.2 Å². The minimum Gasteiger partial charge on any atom is -0.462 e. The minimum atomic E-state index is -3.54. The van der Waals surface area contributed by atoms with Crippen LogP contribution in [0.3, 0.4) is 0 Å². The third kappa shape index (κ3) is 4.83. The number of sulfonamides is 1. The summed E-state index contributed by atoms with van der Waals surface area (Å²) in [7, 11) is -3.54. The number of ether oxygens (including phenoxy) is 1. The first-order valence-electron chi connectivity index (χ1n) is 9.07. The molecular formula is C18H27N3O4S2. The second-order valence-electron chi connectivity index (χ2n) is 6.21. The molecule has 0 atom stereocenters. The topological polar surface area (TPSA) is 81.5 Å². The predicted octanol–water partition coefficient (Wildman–Crippen LogP) is 3.13. The summed E-state index contributed by atoms with van der Waals surface area (Å²) >= 11 is 1.29. The maximum absolute atomic E-state index is 12.7. The normalized spacial score (nSPS) is 12.3. The molecule has 0 saturated carbocycles. The number of rotatable bonds is 9. The smallest absolute Gasteiger partial charge is 0.316 e. The van der Waals surface area contributed by atoms with Crippen molar-refractivity contribution in [3.05, 3.63) is 18.2 Å². The van der Waals surface area contributed by atoms with Gasteiger partial charge in [0.15, 0.2) is 5.16 Å². The van der Waals surface area contributed by atoms with Gasteiger partial charge in [-0.2, -0.15) is 4.31 Å². The van der Waals surface area contributed by atoms with Crippen LogP contribution in [0.25, 0.3) is 11.0 Å². The van der Waals surface area contributed by atoms with Crippen LogP contribution in [0.5, 0.6) is 0 Å². The van der Waals surface area contributed by atoms with E-state index in [-0.39, 0.29) is 22.7 Å². The van der Waals surface area contributed by atoms with Crippen molar-refractivity contribution < 1.29 is 17.9 Å². The molecule has 2 rings (SSSR count). The Hall–Kier alpha value is -1.58. The molecule has 1 heterocycles. The molecule has 1 aromatic carbocycles. The van der Waals surface area contributed by atoms with Crippen LogP contribution < -0.4 is 0 Å². The highest BCUT2D eigenvalue weighted by molar-refractivity contribution is 7.99. The van der Waals surface area contributed by atoms with Crippen molar-refractivity contribution in [1.82, 2.24) is 13.9 Å². The van der Waals surface area contributed by atoms with Gasteiger partial charge in [-0.1, -0.05) is 25.6 Å². The Kier molecular flexibility index (Phi) is 7.30. The molecule has 27 heavy (non-hydrogen) atoms. The summed E-state index contributed by atoms with van der Waals surface area (Å²) < 4.78 is 34.0. The number of hydrogen-bond donors (Lipinski definition) is 0. The van der Waals surface area contributed by atoms with Gasteiger partial charge < -0.3 is 9.30 Å². The fourth-order valence-electron chi connectivity index (χ4n) is 2.80. The maximum atomic E-state index is 12.7. The summed E-state index contributed by atoms with van der Waals surface area (Å²) in [4.78, 5) is 16.6. The average molecular weight is 414 g/mol. The standard InChI is InChI=1S/C18H27N3O4S2/c1-6-20(7-2)27(23,24)14-9-10-16-15(11-14)19-18(21(16)8-3)26-12-17(22)25-13(4)5/h9-11,13H,6-8,12H2,1-5H3. The quantitative estimate of drug-likeness (QED) is 0.464. The molecule has 0 radical (unpaired) electrons. The van der Waals surface area contributed by atoms with E-state index in [1.165, 1.54) is 16.1 Å². The molecule has 0 aliphatic carbocycles. The Bertz CT molecular complexity index is 903. The highest BCUT2D eigenvalue weighted by Crippen LogP contribution is 2.27. The van der Waals surface area contributed by atoms with Crippen LogP contribution >= 0.6 is 11.8 Å². The number of benzene rings is 1. The van der Waals surface area contributed by atoms with E-state index in [0.717, 1.165) is 5.52 Å². The van der Waals surface area contributed by atoms with Crippen LogP contribution in [0.4, 0.5) is 0 Å². The molecule has 0 aliphatic rings. The van der Waals surface area contributed by atoms with Crippen molar-refractivity contribution in [3.63, 3.8) is 0 Å². The largest absolute Gasteiger partial charge is 0.462 e. The molecule has 0 saturated heterocycles. The Balaban J connectivity index is 2.36. The predicted molar refractivity (Wildman–Crippen MR) is 107 cm³/mol. The highest BCUT2D eigenvalue weighted by atomic mass is 32.2. The van der Waals surface area contributed by atoms with E-state index in [2.05, 4.69) is 4.98 Å². The number of imidazole rings is 1.